The first-order valence-electron chi connectivity index (χ1n) is 7.24. The molecule has 1 saturated carbocycles. The van der Waals surface area contributed by atoms with Crippen LogP contribution in [-0.4, -0.2) is 29.7 Å². The van der Waals surface area contributed by atoms with E-state index < -0.39 is 0 Å². The summed E-state index contributed by atoms with van der Waals surface area (Å²) >= 11 is 0. The fourth-order valence-corrected chi connectivity index (χ4v) is 3.37. The molecule has 18 heavy (non-hydrogen) atoms. The molecule has 1 heterocycles. The molecular weight excluding hydrogens is 226 g/mol. The van der Waals surface area contributed by atoms with Gasteiger partial charge in [-0.3, -0.25) is 0 Å². The summed E-state index contributed by atoms with van der Waals surface area (Å²) in [5.41, 5.74) is -0.380. The normalized spacial score (nSPS) is 31.9. The summed E-state index contributed by atoms with van der Waals surface area (Å²) in [6, 6.07) is 0. The lowest BCUT2D eigenvalue weighted by molar-refractivity contribution is 0.0276. The van der Waals surface area contributed by atoms with E-state index in [0.717, 1.165) is 24.9 Å². The van der Waals surface area contributed by atoms with Gasteiger partial charge in [0, 0.05) is 13.1 Å². The maximum Gasteiger partial charge on any atom is 0.410 e. The molecule has 2 fully saturated rings. The highest BCUT2D eigenvalue weighted by Crippen LogP contribution is 2.44. The molecule has 0 aromatic rings. The zero-order valence-corrected chi connectivity index (χ0v) is 12.4. The summed E-state index contributed by atoms with van der Waals surface area (Å²) in [5.74, 6) is 3.07. The number of carbonyl (C=O) groups is 1. The van der Waals surface area contributed by atoms with Gasteiger partial charge >= 0.3 is 6.09 Å². The number of hydrogen-bond donors (Lipinski definition) is 0. The summed E-state index contributed by atoms with van der Waals surface area (Å²) in [4.78, 5) is 13.9. The molecule has 0 spiro atoms. The fraction of sp³-hybridized carbons (Fsp3) is 0.933. The highest BCUT2D eigenvalue weighted by atomic mass is 16.6. The topological polar surface area (TPSA) is 29.5 Å². The minimum absolute atomic E-state index is 0.127. The second kappa shape index (κ2) is 4.75. The Labute approximate surface area is 111 Å². The average Bonchev–Trinajstić information content (AvgIpc) is 2.69. The summed E-state index contributed by atoms with van der Waals surface area (Å²) in [6.45, 7) is 12.2. The molecule has 0 aromatic heterocycles. The van der Waals surface area contributed by atoms with Crippen LogP contribution >= 0.6 is 0 Å². The minimum Gasteiger partial charge on any atom is -0.444 e. The van der Waals surface area contributed by atoms with Crippen molar-refractivity contribution in [2.45, 2.75) is 53.1 Å². The number of ether oxygens (including phenoxy) is 1. The Morgan fingerprint density at radius 2 is 1.67 bits per heavy atom. The summed E-state index contributed by atoms with van der Waals surface area (Å²) < 4.78 is 5.45. The van der Waals surface area contributed by atoms with Crippen LogP contribution in [0.3, 0.4) is 0 Å². The number of fused-ring (bicyclic) bond motifs is 1. The van der Waals surface area contributed by atoms with E-state index in [4.69, 9.17) is 4.74 Å². The van der Waals surface area contributed by atoms with Gasteiger partial charge in [0.25, 0.3) is 0 Å². The van der Waals surface area contributed by atoms with E-state index in [2.05, 4.69) is 13.8 Å². The summed E-state index contributed by atoms with van der Waals surface area (Å²) in [6.07, 6.45) is 2.46. The molecule has 2 rings (SSSR count). The number of likely N-dealkylation sites (tertiary alicyclic amines) is 1. The average molecular weight is 253 g/mol. The van der Waals surface area contributed by atoms with Crippen molar-refractivity contribution in [2.75, 3.05) is 13.1 Å². The van der Waals surface area contributed by atoms with E-state index in [-0.39, 0.29) is 11.7 Å². The van der Waals surface area contributed by atoms with E-state index in [9.17, 15) is 4.79 Å². The lowest BCUT2D eigenvalue weighted by Crippen LogP contribution is -2.36. The number of amides is 1. The van der Waals surface area contributed by atoms with Crippen LogP contribution in [0.2, 0.25) is 0 Å². The molecule has 1 saturated heterocycles. The molecule has 1 amide bonds. The van der Waals surface area contributed by atoms with Gasteiger partial charge in [0.2, 0.25) is 0 Å². The van der Waals surface area contributed by atoms with Gasteiger partial charge < -0.3 is 9.64 Å². The third-order valence-corrected chi connectivity index (χ3v) is 4.38. The highest BCUT2D eigenvalue weighted by molar-refractivity contribution is 5.68. The van der Waals surface area contributed by atoms with Crippen LogP contribution in [0.4, 0.5) is 4.79 Å². The Morgan fingerprint density at radius 1 is 1.17 bits per heavy atom. The Kier molecular flexibility index (Phi) is 3.61. The Hall–Kier alpha value is -0.730. The molecule has 3 heteroatoms. The number of nitrogens with zero attached hydrogens (tertiary/aromatic N) is 1. The predicted octanol–water partition coefficient (Wildman–Crippen LogP) is 3.54. The van der Waals surface area contributed by atoms with Gasteiger partial charge in [-0.2, -0.15) is 0 Å². The third-order valence-electron chi connectivity index (χ3n) is 4.38. The Balaban J connectivity index is 1.87. The smallest absolute Gasteiger partial charge is 0.410 e. The molecule has 0 bridgehead atoms. The van der Waals surface area contributed by atoms with Gasteiger partial charge in [0.1, 0.15) is 5.60 Å². The largest absolute Gasteiger partial charge is 0.444 e. The van der Waals surface area contributed by atoms with Crippen molar-refractivity contribution in [3.8, 4) is 0 Å². The lowest BCUT2D eigenvalue weighted by Gasteiger charge is -2.25. The molecule has 3 nitrogen and oxygen atoms in total. The van der Waals surface area contributed by atoms with Crippen molar-refractivity contribution in [1.82, 2.24) is 4.90 Å². The molecule has 1 aliphatic heterocycles. The van der Waals surface area contributed by atoms with Crippen LogP contribution in [0, 0.1) is 23.7 Å². The van der Waals surface area contributed by atoms with Crippen LogP contribution in [-0.2, 0) is 4.74 Å². The SMILES string of the molecule is CC(C)C1CC2CN(C(=O)OC(C)(C)C)CC2C1. The van der Waals surface area contributed by atoms with Crippen LogP contribution in [0.25, 0.3) is 0 Å². The van der Waals surface area contributed by atoms with Crippen molar-refractivity contribution in [3.63, 3.8) is 0 Å². The first kappa shape index (κ1) is 13.7. The number of hydrogen-bond acceptors (Lipinski definition) is 2. The van der Waals surface area contributed by atoms with Crippen molar-refractivity contribution < 1.29 is 9.53 Å². The first-order valence-corrected chi connectivity index (χ1v) is 7.24. The van der Waals surface area contributed by atoms with E-state index in [0.29, 0.717) is 11.8 Å². The molecular formula is C15H27NO2. The zero-order chi connectivity index (χ0) is 13.5. The van der Waals surface area contributed by atoms with Crippen molar-refractivity contribution in [3.05, 3.63) is 0 Å². The Morgan fingerprint density at radius 3 is 2.06 bits per heavy atom. The zero-order valence-electron chi connectivity index (χ0n) is 12.4. The van der Waals surface area contributed by atoms with E-state index in [1.165, 1.54) is 12.8 Å². The third kappa shape index (κ3) is 2.99. The van der Waals surface area contributed by atoms with Gasteiger partial charge in [0.15, 0.2) is 0 Å². The lowest BCUT2D eigenvalue weighted by atomic mass is 9.93. The number of rotatable bonds is 1. The predicted molar refractivity (Wildman–Crippen MR) is 72.3 cm³/mol. The summed E-state index contributed by atoms with van der Waals surface area (Å²) in [7, 11) is 0. The van der Waals surface area contributed by atoms with Gasteiger partial charge in [-0.25, -0.2) is 4.79 Å². The maximum absolute atomic E-state index is 12.0. The van der Waals surface area contributed by atoms with E-state index in [1.54, 1.807) is 0 Å². The molecule has 0 aromatic carbocycles. The minimum atomic E-state index is -0.380. The Bertz CT molecular complexity index is 305. The van der Waals surface area contributed by atoms with E-state index in [1.807, 2.05) is 25.7 Å². The first-order chi connectivity index (χ1) is 8.26. The fourth-order valence-electron chi connectivity index (χ4n) is 3.37. The molecule has 2 aliphatic rings. The van der Waals surface area contributed by atoms with Gasteiger partial charge in [-0.1, -0.05) is 13.8 Å². The second-order valence-electron chi connectivity index (χ2n) is 7.38. The van der Waals surface area contributed by atoms with Crippen molar-refractivity contribution in [2.24, 2.45) is 23.7 Å². The van der Waals surface area contributed by atoms with Gasteiger partial charge in [-0.15, -0.1) is 0 Å². The molecule has 0 radical (unpaired) electrons. The molecule has 104 valence electrons. The van der Waals surface area contributed by atoms with E-state index >= 15 is 0 Å². The molecule has 2 atom stereocenters. The van der Waals surface area contributed by atoms with Gasteiger partial charge in [0.05, 0.1) is 0 Å². The standard InChI is InChI=1S/C15H27NO2/c1-10(2)11-6-12-8-16(9-13(12)7-11)14(17)18-15(3,4)5/h10-13H,6-9H2,1-5H3. The maximum atomic E-state index is 12.0. The quantitative estimate of drug-likeness (QED) is 0.715. The monoisotopic (exact) mass is 253 g/mol. The highest BCUT2D eigenvalue weighted by Gasteiger charge is 2.43. The van der Waals surface area contributed by atoms with Crippen molar-refractivity contribution in [1.29, 1.82) is 0 Å². The summed E-state index contributed by atoms with van der Waals surface area (Å²) in [5, 5.41) is 0. The molecule has 0 N–H and O–H groups in total. The van der Waals surface area contributed by atoms with Gasteiger partial charge in [-0.05, 0) is 57.3 Å². The number of carbonyl (C=O) groups excluding carboxylic acids is 1. The van der Waals surface area contributed by atoms with Crippen LogP contribution in [0.15, 0.2) is 0 Å². The van der Waals surface area contributed by atoms with Crippen LogP contribution in [0.5, 0.6) is 0 Å². The molecule has 2 unspecified atom stereocenters. The second-order valence-corrected chi connectivity index (χ2v) is 7.38. The van der Waals surface area contributed by atoms with Crippen LogP contribution in [0.1, 0.15) is 47.5 Å². The van der Waals surface area contributed by atoms with Crippen LogP contribution < -0.4 is 0 Å². The van der Waals surface area contributed by atoms with Crippen molar-refractivity contribution >= 4 is 6.09 Å². The molecule has 1 aliphatic carbocycles.